The molecule has 5 nitrogen and oxygen atoms in total. The summed E-state index contributed by atoms with van der Waals surface area (Å²) < 4.78 is 7.58. The van der Waals surface area contributed by atoms with E-state index in [0.29, 0.717) is 13.0 Å². The SMILES string of the molecule is CCCn1c([C@H]2CC(=O)N(c3cccc(OC)c3)C2)nc2ccccc21. The smallest absolute Gasteiger partial charge is 0.227 e. The average Bonchev–Trinajstić information content (AvgIpc) is 3.23. The van der Waals surface area contributed by atoms with Crippen molar-refractivity contribution in [3.05, 3.63) is 54.4 Å². The summed E-state index contributed by atoms with van der Waals surface area (Å²) in [5.74, 6) is 2.02. The number of fused-ring (bicyclic) bond motifs is 1. The Morgan fingerprint density at radius 2 is 2.04 bits per heavy atom. The molecule has 1 saturated heterocycles. The van der Waals surface area contributed by atoms with Gasteiger partial charge in [0.1, 0.15) is 11.6 Å². The van der Waals surface area contributed by atoms with Gasteiger partial charge < -0.3 is 14.2 Å². The van der Waals surface area contributed by atoms with E-state index in [1.54, 1.807) is 7.11 Å². The van der Waals surface area contributed by atoms with Gasteiger partial charge in [-0.3, -0.25) is 4.79 Å². The van der Waals surface area contributed by atoms with Gasteiger partial charge in [-0.05, 0) is 30.7 Å². The number of aromatic nitrogens is 2. The zero-order valence-electron chi connectivity index (χ0n) is 15.2. The van der Waals surface area contributed by atoms with Crippen molar-refractivity contribution in [3.8, 4) is 5.75 Å². The van der Waals surface area contributed by atoms with Crippen LogP contribution in [-0.4, -0.2) is 29.1 Å². The van der Waals surface area contributed by atoms with Gasteiger partial charge in [0, 0.05) is 37.2 Å². The second-order valence-electron chi connectivity index (χ2n) is 6.72. The van der Waals surface area contributed by atoms with Gasteiger partial charge in [0.25, 0.3) is 0 Å². The molecule has 0 bridgehead atoms. The number of nitrogens with zero attached hydrogens (tertiary/aromatic N) is 3. The van der Waals surface area contributed by atoms with Crippen molar-refractivity contribution in [3.63, 3.8) is 0 Å². The number of benzene rings is 2. The second kappa shape index (κ2) is 6.83. The van der Waals surface area contributed by atoms with E-state index >= 15 is 0 Å². The van der Waals surface area contributed by atoms with Crippen LogP contribution in [-0.2, 0) is 11.3 Å². The lowest BCUT2D eigenvalue weighted by atomic mass is 10.1. The Balaban J connectivity index is 1.68. The molecule has 0 spiro atoms. The minimum Gasteiger partial charge on any atom is -0.497 e. The van der Waals surface area contributed by atoms with E-state index in [0.717, 1.165) is 41.3 Å². The first-order valence-electron chi connectivity index (χ1n) is 9.11. The van der Waals surface area contributed by atoms with Crippen LogP contribution < -0.4 is 9.64 Å². The lowest BCUT2D eigenvalue weighted by Crippen LogP contribution is -2.24. The monoisotopic (exact) mass is 349 g/mol. The van der Waals surface area contributed by atoms with Crippen LogP contribution in [0.2, 0.25) is 0 Å². The summed E-state index contributed by atoms with van der Waals surface area (Å²) in [6.07, 6.45) is 1.53. The minimum atomic E-state index is 0.104. The molecule has 3 aromatic rings. The average molecular weight is 349 g/mol. The number of para-hydroxylation sites is 2. The molecule has 2 aromatic carbocycles. The lowest BCUT2D eigenvalue weighted by molar-refractivity contribution is -0.117. The molecule has 0 radical (unpaired) electrons. The highest BCUT2D eigenvalue weighted by Gasteiger charge is 2.34. The van der Waals surface area contributed by atoms with Gasteiger partial charge in [-0.15, -0.1) is 0 Å². The molecule has 0 saturated carbocycles. The molecule has 0 aliphatic carbocycles. The molecule has 0 unspecified atom stereocenters. The van der Waals surface area contributed by atoms with Gasteiger partial charge >= 0.3 is 0 Å². The quantitative estimate of drug-likeness (QED) is 0.700. The van der Waals surface area contributed by atoms with Gasteiger partial charge in [0.2, 0.25) is 5.91 Å². The van der Waals surface area contributed by atoms with Crippen molar-refractivity contribution in [1.29, 1.82) is 0 Å². The Labute approximate surface area is 153 Å². The van der Waals surface area contributed by atoms with Gasteiger partial charge in [-0.25, -0.2) is 4.98 Å². The van der Waals surface area contributed by atoms with Crippen molar-refractivity contribution in [2.75, 3.05) is 18.6 Å². The number of methoxy groups -OCH3 is 1. The van der Waals surface area contributed by atoms with Gasteiger partial charge in [0.15, 0.2) is 0 Å². The Morgan fingerprint density at radius 3 is 2.85 bits per heavy atom. The number of aryl methyl sites for hydroxylation is 1. The van der Waals surface area contributed by atoms with Gasteiger partial charge in [0.05, 0.1) is 18.1 Å². The molecule has 1 atom stereocenters. The van der Waals surface area contributed by atoms with Crippen molar-refractivity contribution >= 4 is 22.6 Å². The fourth-order valence-corrected chi connectivity index (χ4v) is 3.77. The third-order valence-electron chi connectivity index (χ3n) is 4.99. The van der Waals surface area contributed by atoms with Crippen LogP contribution in [0.25, 0.3) is 11.0 Å². The first-order chi connectivity index (χ1) is 12.7. The fraction of sp³-hybridized carbons (Fsp3) is 0.333. The molecule has 26 heavy (non-hydrogen) atoms. The molecule has 1 fully saturated rings. The maximum absolute atomic E-state index is 12.7. The predicted molar refractivity (Wildman–Crippen MR) is 103 cm³/mol. The number of ether oxygens (including phenoxy) is 1. The molecular weight excluding hydrogens is 326 g/mol. The third-order valence-corrected chi connectivity index (χ3v) is 4.99. The van der Waals surface area contributed by atoms with E-state index in [1.165, 1.54) is 0 Å². The summed E-state index contributed by atoms with van der Waals surface area (Å²) in [5, 5.41) is 0. The number of anilines is 1. The summed E-state index contributed by atoms with van der Waals surface area (Å²) in [6, 6.07) is 15.9. The summed E-state index contributed by atoms with van der Waals surface area (Å²) >= 11 is 0. The zero-order valence-corrected chi connectivity index (χ0v) is 15.2. The Bertz CT molecular complexity index is 947. The van der Waals surface area contributed by atoms with Crippen LogP contribution in [0, 0.1) is 0 Å². The lowest BCUT2D eigenvalue weighted by Gasteiger charge is -2.18. The first kappa shape index (κ1) is 16.6. The first-order valence-corrected chi connectivity index (χ1v) is 9.11. The van der Waals surface area contributed by atoms with Crippen LogP contribution in [0.15, 0.2) is 48.5 Å². The normalized spacial score (nSPS) is 17.2. The number of rotatable bonds is 5. The Hall–Kier alpha value is -2.82. The van der Waals surface area contributed by atoms with Crippen molar-refractivity contribution in [2.24, 2.45) is 0 Å². The van der Waals surface area contributed by atoms with Crippen LogP contribution in [0.3, 0.4) is 0 Å². The summed E-state index contributed by atoms with van der Waals surface area (Å²) in [7, 11) is 1.64. The molecule has 4 rings (SSSR count). The van der Waals surface area contributed by atoms with E-state index in [9.17, 15) is 4.79 Å². The Kier molecular flexibility index (Phi) is 4.37. The molecule has 1 aliphatic rings. The van der Waals surface area contributed by atoms with E-state index in [-0.39, 0.29) is 11.8 Å². The maximum Gasteiger partial charge on any atom is 0.227 e. The number of carbonyl (C=O) groups excluding carboxylic acids is 1. The largest absolute Gasteiger partial charge is 0.497 e. The van der Waals surface area contributed by atoms with E-state index in [1.807, 2.05) is 47.4 Å². The molecule has 1 amide bonds. The van der Waals surface area contributed by atoms with Crippen molar-refractivity contribution in [2.45, 2.75) is 32.2 Å². The van der Waals surface area contributed by atoms with Crippen LogP contribution in [0.5, 0.6) is 5.75 Å². The summed E-state index contributed by atoms with van der Waals surface area (Å²) in [6.45, 7) is 3.74. The Morgan fingerprint density at radius 1 is 1.19 bits per heavy atom. The molecule has 1 aromatic heterocycles. The number of amides is 1. The topological polar surface area (TPSA) is 47.4 Å². The van der Waals surface area contributed by atoms with Crippen LogP contribution >= 0.6 is 0 Å². The zero-order chi connectivity index (χ0) is 18.1. The molecule has 134 valence electrons. The highest BCUT2D eigenvalue weighted by molar-refractivity contribution is 5.96. The number of hydrogen-bond acceptors (Lipinski definition) is 3. The summed E-state index contributed by atoms with van der Waals surface area (Å²) in [5.41, 5.74) is 3.04. The van der Waals surface area contributed by atoms with Crippen molar-refractivity contribution in [1.82, 2.24) is 9.55 Å². The predicted octanol–water partition coefficient (Wildman–Crippen LogP) is 3.98. The summed E-state index contributed by atoms with van der Waals surface area (Å²) in [4.78, 5) is 19.4. The van der Waals surface area contributed by atoms with Crippen LogP contribution in [0.4, 0.5) is 5.69 Å². The number of imidazole rings is 1. The second-order valence-corrected chi connectivity index (χ2v) is 6.72. The molecule has 5 heteroatoms. The standard InChI is InChI=1S/C21H23N3O2/c1-3-11-23-19-10-5-4-9-18(19)22-21(23)15-12-20(25)24(14-15)16-7-6-8-17(13-16)26-2/h4-10,13,15H,3,11-12,14H2,1-2H3/t15-/m0/s1. The van der Waals surface area contributed by atoms with E-state index < -0.39 is 0 Å². The number of carbonyl (C=O) groups is 1. The van der Waals surface area contributed by atoms with Gasteiger partial charge in [-0.1, -0.05) is 25.1 Å². The van der Waals surface area contributed by atoms with Crippen molar-refractivity contribution < 1.29 is 9.53 Å². The highest BCUT2D eigenvalue weighted by Crippen LogP contribution is 2.34. The maximum atomic E-state index is 12.7. The van der Waals surface area contributed by atoms with E-state index in [2.05, 4.69) is 17.6 Å². The fourth-order valence-electron chi connectivity index (χ4n) is 3.77. The highest BCUT2D eigenvalue weighted by atomic mass is 16.5. The third kappa shape index (κ3) is 2.83. The molecule has 1 aliphatic heterocycles. The van der Waals surface area contributed by atoms with E-state index in [4.69, 9.17) is 9.72 Å². The molecule has 0 N–H and O–H groups in total. The molecule has 2 heterocycles. The minimum absolute atomic E-state index is 0.104. The van der Waals surface area contributed by atoms with Crippen LogP contribution in [0.1, 0.15) is 31.5 Å². The molecular formula is C21H23N3O2. The van der Waals surface area contributed by atoms with Gasteiger partial charge in [-0.2, -0.15) is 0 Å². The number of hydrogen-bond donors (Lipinski definition) is 0.